The van der Waals surface area contributed by atoms with Crippen LogP contribution in [0.25, 0.3) is 10.8 Å². The van der Waals surface area contributed by atoms with Crippen molar-refractivity contribution in [3.63, 3.8) is 0 Å². The topological polar surface area (TPSA) is 49.8 Å². The van der Waals surface area contributed by atoms with Gasteiger partial charge in [0.2, 0.25) is 0 Å². The van der Waals surface area contributed by atoms with Crippen molar-refractivity contribution in [2.75, 3.05) is 18.4 Å². The number of hydrogen-bond acceptors (Lipinski definition) is 4. The summed E-state index contributed by atoms with van der Waals surface area (Å²) in [7, 11) is 0. The van der Waals surface area contributed by atoms with E-state index in [2.05, 4.69) is 20.6 Å². The van der Waals surface area contributed by atoms with Gasteiger partial charge in [-0.2, -0.15) is 0 Å². The molecular formula is C13H17ClN4. The standard InChI is InChI=1S/C13H16N4.ClH/c1-4-15-8-12-10(1)7-16-9-13(12)17-11-2-5-14-6-3-11;/h1,4,7-9,11,14,17H,2-3,5-6H2;1H. The first kappa shape index (κ1) is 13.1. The van der Waals surface area contributed by atoms with E-state index >= 15 is 0 Å². The minimum absolute atomic E-state index is 0. The molecular weight excluding hydrogens is 248 g/mol. The summed E-state index contributed by atoms with van der Waals surface area (Å²) >= 11 is 0. The van der Waals surface area contributed by atoms with Gasteiger partial charge in [0.1, 0.15) is 0 Å². The van der Waals surface area contributed by atoms with Crippen molar-refractivity contribution < 1.29 is 0 Å². The fourth-order valence-corrected chi connectivity index (χ4v) is 2.31. The zero-order valence-electron chi connectivity index (χ0n) is 10.1. The van der Waals surface area contributed by atoms with Crippen molar-refractivity contribution in [2.24, 2.45) is 0 Å². The zero-order chi connectivity index (χ0) is 11.5. The predicted octanol–water partition coefficient (Wildman–Crippen LogP) is 2.22. The van der Waals surface area contributed by atoms with Gasteiger partial charge in [0.25, 0.3) is 0 Å². The molecule has 3 rings (SSSR count). The molecule has 2 aromatic heterocycles. The van der Waals surface area contributed by atoms with Crippen LogP contribution < -0.4 is 10.6 Å². The number of nitrogens with one attached hydrogen (secondary N) is 2. The maximum absolute atomic E-state index is 4.27. The summed E-state index contributed by atoms with van der Waals surface area (Å²) < 4.78 is 0. The van der Waals surface area contributed by atoms with Crippen LogP contribution in [-0.2, 0) is 0 Å². The Balaban J connectivity index is 0.00000120. The van der Waals surface area contributed by atoms with E-state index in [9.17, 15) is 0 Å². The summed E-state index contributed by atoms with van der Waals surface area (Å²) in [5.41, 5.74) is 1.10. The highest BCUT2D eigenvalue weighted by atomic mass is 35.5. The Hall–Kier alpha value is -1.39. The zero-order valence-corrected chi connectivity index (χ0v) is 10.9. The Morgan fingerprint density at radius 1 is 1.11 bits per heavy atom. The van der Waals surface area contributed by atoms with E-state index in [1.54, 1.807) is 6.20 Å². The van der Waals surface area contributed by atoms with E-state index in [0.717, 1.165) is 42.4 Å². The fourth-order valence-electron chi connectivity index (χ4n) is 2.31. The number of anilines is 1. The predicted molar refractivity (Wildman–Crippen MR) is 76.3 cm³/mol. The van der Waals surface area contributed by atoms with Crippen molar-refractivity contribution in [3.8, 4) is 0 Å². The quantitative estimate of drug-likeness (QED) is 0.873. The number of rotatable bonds is 2. The minimum atomic E-state index is 0. The van der Waals surface area contributed by atoms with Gasteiger partial charge in [0.05, 0.1) is 11.9 Å². The molecule has 0 saturated carbocycles. The third-order valence-electron chi connectivity index (χ3n) is 3.26. The van der Waals surface area contributed by atoms with Gasteiger partial charge in [0.15, 0.2) is 0 Å². The maximum Gasteiger partial charge on any atom is 0.0624 e. The molecule has 0 unspecified atom stereocenters. The van der Waals surface area contributed by atoms with Crippen molar-refractivity contribution in [1.29, 1.82) is 0 Å². The van der Waals surface area contributed by atoms with E-state index < -0.39 is 0 Å². The molecule has 2 aromatic rings. The molecule has 18 heavy (non-hydrogen) atoms. The highest BCUT2D eigenvalue weighted by Gasteiger charge is 2.13. The molecule has 4 nitrogen and oxygen atoms in total. The first-order chi connectivity index (χ1) is 8.43. The molecule has 96 valence electrons. The molecule has 0 aliphatic carbocycles. The van der Waals surface area contributed by atoms with Gasteiger partial charge in [-0.3, -0.25) is 9.97 Å². The fraction of sp³-hybridized carbons (Fsp3) is 0.385. The number of halogens is 1. The summed E-state index contributed by atoms with van der Waals surface area (Å²) in [6.45, 7) is 2.18. The van der Waals surface area contributed by atoms with Crippen molar-refractivity contribution >= 4 is 28.9 Å². The van der Waals surface area contributed by atoms with Crippen LogP contribution in [0, 0.1) is 0 Å². The van der Waals surface area contributed by atoms with Gasteiger partial charge in [-0.25, -0.2) is 0 Å². The van der Waals surface area contributed by atoms with Crippen LogP contribution in [0.15, 0.2) is 30.9 Å². The first-order valence-corrected chi connectivity index (χ1v) is 6.08. The van der Waals surface area contributed by atoms with Crippen molar-refractivity contribution in [1.82, 2.24) is 15.3 Å². The van der Waals surface area contributed by atoms with E-state index in [0.29, 0.717) is 6.04 Å². The molecule has 2 N–H and O–H groups in total. The Morgan fingerprint density at radius 2 is 1.94 bits per heavy atom. The van der Waals surface area contributed by atoms with Crippen molar-refractivity contribution in [3.05, 3.63) is 30.9 Å². The highest BCUT2D eigenvalue weighted by Crippen LogP contribution is 2.22. The first-order valence-electron chi connectivity index (χ1n) is 6.08. The van der Waals surface area contributed by atoms with Gasteiger partial charge < -0.3 is 10.6 Å². The molecule has 1 fully saturated rings. The largest absolute Gasteiger partial charge is 0.380 e. The lowest BCUT2D eigenvalue weighted by Gasteiger charge is -2.25. The number of hydrogen-bond donors (Lipinski definition) is 2. The normalized spacial score (nSPS) is 16.2. The molecule has 1 aliphatic rings. The lowest BCUT2D eigenvalue weighted by atomic mass is 10.1. The lowest BCUT2D eigenvalue weighted by molar-refractivity contribution is 0.479. The van der Waals surface area contributed by atoms with Gasteiger partial charge >= 0.3 is 0 Å². The average molecular weight is 265 g/mol. The molecule has 0 bridgehead atoms. The second kappa shape index (κ2) is 5.98. The summed E-state index contributed by atoms with van der Waals surface area (Å²) in [6, 6.07) is 2.54. The van der Waals surface area contributed by atoms with Gasteiger partial charge in [-0.05, 0) is 32.0 Å². The molecule has 5 heteroatoms. The summed E-state index contributed by atoms with van der Waals surface area (Å²) in [6.07, 6.45) is 9.81. The summed E-state index contributed by atoms with van der Waals surface area (Å²) in [4.78, 5) is 8.46. The molecule has 0 radical (unpaired) electrons. The molecule has 0 aromatic carbocycles. The number of piperidine rings is 1. The van der Waals surface area contributed by atoms with E-state index in [1.165, 1.54) is 0 Å². The Kier molecular flexibility index (Phi) is 4.33. The third kappa shape index (κ3) is 2.71. The van der Waals surface area contributed by atoms with Crippen LogP contribution in [0.2, 0.25) is 0 Å². The number of nitrogens with zero attached hydrogens (tertiary/aromatic N) is 2. The third-order valence-corrected chi connectivity index (χ3v) is 3.26. The van der Waals surface area contributed by atoms with Crippen LogP contribution >= 0.6 is 12.4 Å². The van der Waals surface area contributed by atoms with Crippen LogP contribution in [0.5, 0.6) is 0 Å². The molecule has 1 aliphatic heterocycles. The Morgan fingerprint density at radius 3 is 2.78 bits per heavy atom. The van der Waals surface area contributed by atoms with Crippen LogP contribution in [0.3, 0.4) is 0 Å². The summed E-state index contributed by atoms with van der Waals surface area (Å²) in [5.74, 6) is 0. The number of fused-ring (bicyclic) bond motifs is 1. The molecule has 0 spiro atoms. The minimum Gasteiger partial charge on any atom is -0.380 e. The van der Waals surface area contributed by atoms with Crippen molar-refractivity contribution in [2.45, 2.75) is 18.9 Å². The average Bonchev–Trinajstić information content (AvgIpc) is 2.40. The monoisotopic (exact) mass is 264 g/mol. The second-order valence-electron chi connectivity index (χ2n) is 4.45. The molecule has 3 heterocycles. The highest BCUT2D eigenvalue weighted by molar-refractivity contribution is 5.92. The molecule has 0 amide bonds. The SMILES string of the molecule is Cl.c1cc2cncc(NC3CCNCC3)c2cn1. The summed E-state index contributed by atoms with van der Waals surface area (Å²) in [5, 5.41) is 9.24. The van der Waals surface area contributed by atoms with Crippen LogP contribution in [0.1, 0.15) is 12.8 Å². The van der Waals surface area contributed by atoms with Gasteiger partial charge in [-0.15, -0.1) is 12.4 Å². The Bertz CT molecular complexity index is 506. The number of pyridine rings is 2. The van der Waals surface area contributed by atoms with Gasteiger partial charge in [0, 0.05) is 35.4 Å². The molecule has 1 saturated heterocycles. The number of aromatic nitrogens is 2. The van der Waals surface area contributed by atoms with E-state index in [-0.39, 0.29) is 12.4 Å². The van der Waals surface area contributed by atoms with E-state index in [1.807, 2.05) is 24.7 Å². The van der Waals surface area contributed by atoms with E-state index in [4.69, 9.17) is 0 Å². The smallest absolute Gasteiger partial charge is 0.0624 e. The van der Waals surface area contributed by atoms with Crippen LogP contribution in [0.4, 0.5) is 5.69 Å². The van der Waals surface area contributed by atoms with Gasteiger partial charge in [-0.1, -0.05) is 0 Å². The second-order valence-corrected chi connectivity index (χ2v) is 4.45. The molecule has 0 atom stereocenters. The maximum atomic E-state index is 4.27. The Labute approximate surface area is 113 Å². The van der Waals surface area contributed by atoms with Crippen LogP contribution in [-0.4, -0.2) is 29.1 Å². The lowest BCUT2D eigenvalue weighted by Crippen LogP contribution is -2.35.